The number of thiophene rings is 1. The first kappa shape index (κ1) is 19.6. The maximum Gasteiger partial charge on any atom is 0.275 e. The second kappa shape index (κ2) is 7.40. The van der Waals surface area contributed by atoms with Crippen LogP contribution in [0.2, 0.25) is 0 Å². The molecule has 2 aliphatic rings. The zero-order chi connectivity index (χ0) is 20.8. The molecule has 1 aromatic carbocycles. The van der Waals surface area contributed by atoms with E-state index in [2.05, 4.69) is 10.3 Å². The van der Waals surface area contributed by atoms with Crippen molar-refractivity contribution in [2.24, 2.45) is 11.1 Å². The standard InChI is InChI=1S/C21H23F2N5OS/c22-21(23)6-7-28(9-14-3-1-2-4-15(14)21)19-26-16-5-8-30-17(16)18(27-19)25-11-20(10-24)12-29-13-20/h1-5,8H,6-7,9-13,24H2,(H,25,26,27). The van der Waals surface area contributed by atoms with E-state index in [4.69, 9.17) is 15.5 Å². The summed E-state index contributed by atoms with van der Waals surface area (Å²) < 4.78 is 35.6. The van der Waals surface area contributed by atoms with E-state index in [0.29, 0.717) is 50.2 Å². The van der Waals surface area contributed by atoms with Crippen LogP contribution < -0.4 is 16.0 Å². The van der Waals surface area contributed by atoms with Crippen LogP contribution in [0.15, 0.2) is 35.7 Å². The van der Waals surface area contributed by atoms with Crippen molar-refractivity contribution in [3.63, 3.8) is 0 Å². The monoisotopic (exact) mass is 431 g/mol. The van der Waals surface area contributed by atoms with Crippen LogP contribution in [-0.4, -0.2) is 42.8 Å². The number of halogens is 2. The maximum absolute atomic E-state index is 14.7. The highest BCUT2D eigenvalue weighted by atomic mass is 32.1. The van der Waals surface area contributed by atoms with Crippen molar-refractivity contribution in [2.45, 2.75) is 18.9 Å². The summed E-state index contributed by atoms with van der Waals surface area (Å²) in [5, 5.41) is 5.39. The first-order valence-electron chi connectivity index (χ1n) is 9.98. The number of aromatic nitrogens is 2. The third-order valence-electron chi connectivity index (χ3n) is 5.92. The summed E-state index contributed by atoms with van der Waals surface area (Å²) in [6.45, 7) is 2.95. The van der Waals surface area contributed by atoms with Crippen LogP contribution in [0.25, 0.3) is 10.2 Å². The van der Waals surface area contributed by atoms with Gasteiger partial charge in [0.2, 0.25) is 5.95 Å². The first-order chi connectivity index (χ1) is 14.5. The largest absolute Gasteiger partial charge is 0.380 e. The van der Waals surface area contributed by atoms with Crippen LogP contribution in [0.1, 0.15) is 17.5 Å². The Balaban J connectivity index is 1.47. The molecule has 0 aliphatic carbocycles. The Morgan fingerprint density at radius 2 is 2.03 bits per heavy atom. The van der Waals surface area contributed by atoms with Crippen molar-refractivity contribution in [3.05, 3.63) is 46.8 Å². The molecule has 0 atom stereocenters. The summed E-state index contributed by atoms with van der Waals surface area (Å²) in [6.07, 6.45) is -0.272. The number of rotatable bonds is 5. The van der Waals surface area contributed by atoms with Gasteiger partial charge in [0.25, 0.3) is 5.92 Å². The molecule has 158 valence electrons. The number of nitrogens with zero attached hydrogens (tertiary/aromatic N) is 3. The van der Waals surface area contributed by atoms with Gasteiger partial charge in [0.15, 0.2) is 0 Å². The lowest BCUT2D eigenvalue weighted by molar-refractivity contribution is -0.0979. The summed E-state index contributed by atoms with van der Waals surface area (Å²) in [6, 6.07) is 8.66. The van der Waals surface area contributed by atoms with Crippen molar-refractivity contribution in [2.75, 3.05) is 43.1 Å². The molecule has 3 aromatic rings. The van der Waals surface area contributed by atoms with Gasteiger partial charge in [0.1, 0.15) is 5.82 Å². The molecule has 0 amide bonds. The molecule has 5 rings (SSSR count). The van der Waals surface area contributed by atoms with Gasteiger partial charge in [-0.1, -0.05) is 24.3 Å². The quantitative estimate of drug-likeness (QED) is 0.643. The minimum absolute atomic E-state index is 0.0850. The van der Waals surface area contributed by atoms with Crippen molar-refractivity contribution < 1.29 is 13.5 Å². The van der Waals surface area contributed by atoms with Crippen LogP contribution in [-0.2, 0) is 17.2 Å². The Bertz CT molecular complexity index is 1060. The van der Waals surface area contributed by atoms with Gasteiger partial charge >= 0.3 is 0 Å². The van der Waals surface area contributed by atoms with Crippen molar-refractivity contribution >= 4 is 33.3 Å². The van der Waals surface area contributed by atoms with Gasteiger partial charge in [-0.15, -0.1) is 11.3 Å². The molecule has 1 saturated heterocycles. The fraction of sp³-hybridized carbons (Fsp3) is 0.429. The number of ether oxygens (including phenoxy) is 1. The molecule has 1 fully saturated rings. The fourth-order valence-electron chi connectivity index (χ4n) is 3.95. The van der Waals surface area contributed by atoms with E-state index >= 15 is 0 Å². The first-order valence-corrected chi connectivity index (χ1v) is 10.9. The normalized spacial score (nSPS) is 19.8. The molecular formula is C21H23F2N5OS. The maximum atomic E-state index is 14.7. The number of nitrogens with one attached hydrogen (secondary N) is 1. The van der Waals surface area contributed by atoms with Crippen molar-refractivity contribution in [1.29, 1.82) is 0 Å². The minimum Gasteiger partial charge on any atom is -0.380 e. The Morgan fingerprint density at radius 1 is 1.20 bits per heavy atom. The molecule has 30 heavy (non-hydrogen) atoms. The summed E-state index contributed by atoms with van der Waals surface area (Å²) in [5.41, 5.74) is 7.36. The molecule has 9 heteroatoms. The summed E-state index contributed by atoms with van der Waals surface area (Å²) in [4.78, 5) is 11.3. The van der Waals surface area contributed by atoms with E-state index in [1.807, 2.05) is 16.3 Å². The highest BCUT2D eigenvalue weighted by Crippen LogP contribution is 2.38. The average molecular weight is 432 g/mol. The van der Waals surface area contributed by atoms with E-state index in [0.717, 1.165) is 10.2 Å². The van der Waals surface area contributed by atoms with E-state index < -0.39 is 5.92 Å². The Hall–Kier alpha value is -2.36. The summed E-state index contributed by atoms with van der Waals surface area (Å²) in [7, 11) is 0. The Labute approximate surface area is 177 Å². The summed E-state index contributed by atoms with van der Waals surface area (Å²) in [5.74, 6) is -1.69. The van der Waals surface area contributed by atoms with Gasteiger partial charge in [-0.2, -0.15) is 4.98 Å². The molecule has 0 saturated carbocycles. The highest BCUT2D eigenvalue weighted by molar-refractivity contribution is 7.17. The number of alkyl halides is 2. The zero-order valence-corrected chi connectivity index (χ0v) is 17.2. The third kappa shape index (κ3) is 3.40. The zero-order valence-electron chi connectivity index (χ0n) is 16.4. The molecule has 0 unspecified atom stereocenters. The molecule has 0 radical (unpaired) electrons. The van der Waals surface area contributed by atoms with Gasteiger partial charge in [-0.25, -0.2) is 13.8 Å². The summed E-state index contributed by atoms with van der Waals surface area (Å²) >= 11 is 1.56. The van der Waals surface area contributed by atoms with Crippen LogP contribution in [0, 0.1) is 5.41 Å². The molecule has 3 N–H and O–H groups in total. The molecule has 2 aromatic heterocycles. The number of hydrogen-bond donors (Lipinski definition) is 2. The molecular weight excluding hydrogens is 408 g/mol. The average Bonchev–Trinajstić information content (AvgIpc) is 3.14. The predicted molar refractivity (Wildman–Crippen MR) is 114 cm³/mol. The van der Waals surface area contributed by atoms with E-state index in [-0.39, 0.29) is 23.9 Å². The number of nitrogens with two attached hydrogens (primary N) is 1. The fourth-order valence-corrected chi connectivity index (χ4v) is 4.74. The minimum atomic E-state index is -2.86. The third-order valence-corrected chi connectivity index (χ3v) is 6.83. The van der Waals surface area contributed by atoms with Gasteiger partial charge in [-0.3, -0.25) is 0 Å². The molecule has 6 nitrogen and oxygen atoms in total. The molecule has 0 spiro atoms. The molecule has 4 heterocycles. The smallest absolute Gasteiger partial charge is 0.275 e. The number of anilines is 2. The number of benzene rings is 1. The lowest BCUT2D eigenvalue weighted by Gasteiger charge is -2.40. The van der Waals surface area contributed by atoms with Crippen LogP contribution >= 0.6 is 11.3 Å². The Kier molecular flexibility index (Phi) is 4.83. The van der Waals surface area contributed by atoms with Gasteiger partial charge in [0.05, 0.1) is 23.4 Å². The van der Waals surface area contributed by atoms with Crippen LogP contribution in [0.3, 0.4) is 0 Å². The van der Waals surface area contributed by atoms with E-state index in [9.17, 15) is 8.78 Å². The van der Waals surface area contributed by atoms with Gasteiger partial charge in [-0.05, 0) is 17.0 Å². The van der Waals surface area contributed by atoms with Crippen molar-refractivity contribution in [3.8, 4) is 0 Å². The van der Waals surface area contributed by atoms with Gasteiger partial charge in [0, 0.05) is 43.6 Å². The Morgan fingerprint density at radius 3 is 2.80 bits per heavy atom. The SMILES string of the molecule is NCC1(CNc2nc(N3CCC(F)(F)c4ccccc4C3)nc3ccsc23)COC1. The lowest BCUT2D eigenvalue weighted by Crippen LogP contribution is -2.52. The lowest BCUT2D eigenvalue weighted by atomic mass is 9.86. The van der Waals surface area contributed by atoms with E-state index in [1.54, 1.807) is 29.5 Å². The molecule has 2 aliphatic heterocycles. The topological polar surface area (TPSA) is 76.3 Å². The van der Waals surface area contributed by atoms with Crippen molar-refractivity contribution in [1.82, 2.24) is 9.97 Å². The highest BCUT2D eigenvalue weighted by Gasteiger charge is 2.38. The van der Waals surface area contributed by atoms with Crippen LogP contribution in [0.5, 0.6) is 0 Å². The second-order valence-corrected chi connectivity index (χ2v) is 9.01. The second-order valence-electron chi connectivity index (χ2n) is 8.09. The number of hydrogen-bond acceptors (Lipinski definition) is 7. The van der Waals surface area contributed by atoms with Gasteiger partial charge < -0.3 is 20.7 Å². The predicted octanol–water partition coefficient (Wildman–Crippen LogP) is 3.58. The number of fused-ring (bicyclic) bond motifs is 2. The molecule has 0 bridgehead atoms. The van der Waals surface area contributed by atoms with E-state index in [1.165, 1.54) is 6.07 Å². The van der Waals surface area contributed by atoms with Crippen LogP contribution in [0.4, 0.5) is 20.5 Å².